The van der Waals surface area contributed by atoms with Crippen LogP contribution in [0.5, 0.6) is 0 Å². The maximum absolute atomic E-state index is 13.0. The summed E-state index contributed by atoms with van der Waals surface area (Å²) in [6.45, 7) is 2.62. The molecule has 1 fully saturated rings. The van der Waals surface area contributed by atoms with E-state index in [2.05, 4.69) is 26.5 Å². The number of piperazine rings is 1. The first-order valence-corrected chi connectivity index (χ1v) is 10.6. The summed E-state index contributed by atoms with van der Waals surface area (Å²) in [6, 6.07) is 19.6. The van der Waals surface area contributed by atoms with Crippen molar-refractivity contribution in [3.8, 4) is 5.69 Å². The van der Waals surface area contributed by atoms with E-state index in [1.54, 1.807) is 10.7 Å². The molecule has 1 aliphatic rings. The molecule has 1 saturated heterocycles. The van der Waals surface area contributed by atoms with Crippen LogP contribution in [-0.4, -0.2) is 51.3 Å². The van der Waals surface area contributed by atoms with Gasteiger partial charge in [0.15, 0.2) is 5.82 Å². The Morgan fingerprint density at radius 2 is 1.58 bits per heavy atom. The number of tetrazole rings is 1. The normalized spacial score (nSPS) is 15.0. The van der Waals surface area contributed by atoms with E-state index >= 15 is 0 Å². The lowest BCUT2D eigenvalue weighted by atomic mass is 10.1. The number of hydrogen-bond acceptors (Lipinski definition) is 5. The van der Waals surface area contributed by atoms with Crippen LogP contribution in [0.4, 0.5) is 18.9 Å². The topological polar surface area (TPSA) is 50.1 Å². The van der Waals surface area contributed by atoms with Crippen LogP contribution in [0, 0.1) is 0 Å². The summed E-state index contributed by atoms with van der Waals surface area (Å²) in [5, 5.41) is 14.3. The lowest BCUT2D eigenvalue weighted by molar-refractivity contribution is -0.137. The van der Waals surface area contributed by atoms with Gasteiger partial charge in [0.1, 0.15) is 0 Å². The van der Waals surface area contributed by atoms with E-state index in [1.807, 2.05) is 53.6 Å². The summed E-state index contributed by atoms with van der Waals surface area (Å²) in [5.41, 5.74) is 0.837. The van der Waals surface area contributed by atoms with Gasteiger partial charge in [-0.1, -0.05) is 36.4 Å². The van der Waals surface area contributed by atoms with Crippen molar-refractivity contribution in [2.24, 2.45) is 0 Å². The summed E-state index contributed by atoms with van der Waals surface area (Å²) in [7, 11) is 0. The molecular weight excluding hydrogens is 429 g/mol. The fourth-order valence-corrected chi connectivity index (χ4v) is 3.97. The summed E-state index contributed by atoms with van der Waals surface area (Å²) in [5.74, 6) is 0.602. The monoisotopic (exact) mass is 450 g/mol. The lowest BCUT2D eigenvalue weighted by Crippen LogP contribution is -2.44. The second kappa shape index (κ2) is 8.57. The number of aromatic nitrogens is 4. The quantitative estimate of drug-likeness (QED) is 0.454. The molecule has 3 aromatic carbocycles. The third kappa shape index (κ3) is 4.52. The molecule has 33 heavy (non-hydrogen) atoms. The van der Waals surface area contributed by atoms with E-state index < -0.39 is 11.7 Å². The van der Waals surface area contributed by atoms with Crippen molar-refractivity contribution in [2.75, 3.05) is 31.1 Å². The van der Waals surface area contributed by atoms with Crippen molar-refractivity contribution in [3.05, 3.63) is 84.3 Å². The van der Waals surface area contributed by atoms with Gasteiger partial charge in [-0.2, -0.15) is 17.9 Å². The molecule has 0 amide bonds. The van der Waals surface area contributed by atoms with Crippen molar-refractivity contribution >= 4 is 22.5 Å². The maximum atomic E-state index is 13.0. The molecule has 2 heterocycles. The first-order chi connectivity index (χ1) is 16.0. The third-order valence-corrected chi connectivity index (χ3v) is 5.76. The highest BCUT2D eigenvalue weighted by Crippen LogP contribution is 2.32. The number of hydrogen-bond donors (Lipinski definition) is 0. The first-order valence-electron chi connectivity index (χ1n) is 10.6. The molecule has 0 atom stereocenters. The van der Waals surface area contributed by atoms with E-state index in [1.165, 1.54) is 12.1 Å². The Morgan fingerprint density at radius 1 is 0.788 bits per heavy atom. The van der Waals surface area contributed by atoms with Gasteiger partial charge in [-0.05, 0) is 51.5 Å². The van der Waals surface area contributed by atoms with Gasteiger partial charge in [0.2, 0.25) is 0 Å². The van der Waals surface area contributed by atoms with Gasteiger partial charge >= 0.3 is 6.18 Å². The van der Waals surface area contributed by atoms with Gasteiger partial charge < -0.3 is 9.80 Å². The zero-order valence-corrected chi connectivity index (χ0v) is 17.7. The van der Waals surface area contributed by atoms with Crippen molar-refractivity contribution in [2.45, 2.75) is 6.18 Å². The van der Waals surface area contributed by atoms with Crippen LogP contribution in [0.2, 0.25) is 0 Å². The van der Waals surface area contributed by atoms with Crippen LogP contribution in [0.25, 0.3) is 22.5 Å². The van der Waals surface area contributed by atoms with Crippen molar-refractivity contribution in [3.63, 3.8) is 0 Å². The molecule has 6 nitrogen and oxygen atoms in total. The molecular formula is C24H21F3N6. The van der Waals surface area contributed by atoms with Crippen molar-refractivity contribution in [1.82, 2.24) is 25.1 Å². The number of halogens is 3. The molecule has 1 aliphatic heterocycles. The van der Waals surface area contributed by atoms with Crippen LogP contribution in [-0.2, 0) is 6.18 Å². The molecule has 9 heteroatoms. The minimum absolute atomic E-state index is 0.591. The van der Waals surface area contributed by atoms with Crippen LogP contribution < -0.4 is 4.90 Å². The third-order valence-electron chi connectivity index (χ3n) is 5.76. The van der Waals surface area contributed by atoms with E-state index in [-0.39, 0.29) is 0 Å². The first kappa shape index (κ1) is 21.0. The van der Waals surface area contributed by atoms with Gasteiger partial charge in [0.25, 0.3) is 0 Å². The van der Waals surface area contributed by atoms with Crippen molar-refractivity contribution < 1.29 is 13.2 Å². The Balaban J connectivity index is 1.26. The molecule has 4 aromatic rings. The highest BCUT2D eigenvalue weighted by Gasteiger charge is 2.31. The fourth-order valence-electron chi connectivity index (χ4n) is 3.97. The Bertz CT molecular complexity index is 1290. The fraction of sp³-hybridized carbons (Fsp3) is 0.208. The number of rotatable bonds is 4. The largest absolute Gasteiger partial charge is 0.416 e. The average Bonchev–Trinajstić information content (AvgIpc) is 3.31. The molecule has 5 rings (SSSR count). The average molecular weight is 450 g/mol. The van der Waals surface area contributed by atoms with Gasteiger partial charge in [-0.15, -0.1) is 5.10 Å². The Morgan fingerprint density at radius 3 is 2.36 bits per heavy atom. The Hall–Kier alpha value is -3.88. The Labute approximate surface area is 188 Å². The molecule has 0 spiro atoms. The molecule has 0 bridgehead atoms. The SMILES string of the molecule is FC(F)(F)c1cccc(N2CCN(C=Cc3nnnn3-c3ccc4ccccc4c3)CC2)c1. The molecule has 0 unspecified atom stereocenters. The van der Waals surface area contributed by atoms with Crippen molar-refractivity contribution in [1.29, 1.82) is 0 Å². The highest BCUT2D eigenvalue weighted by molar-refractivity contribution is 5.84. The van der Waals surface area contributed by atoms with Gasteiger partial charge in [-0.25, -0.2) is 0 Å². The molecule has 0 saturated carbocycles. The van der Waals surface area contributed by atoms with E-state index in [9.17, 15) is 13.2 Å². The van der Waals surface area contributed by atoms with E-state index in [4.69, 9.17) is 0 Å². The van der Waals surface area contributed by atoms with E-state index in [0.717, 1.165) is 22.5 Å². The number of anilines is 1. The van der Waals surface area contributed by atoms with Crippen LogP contribution in [0.1, 0.15) is 11.4 Å². The van der Waals surface area contributed by atoms with Gasteiger partial charge in [0, 0.05) is 44.1 Å². The standard InChI is InChI=1S/C24H21F3N6/c25-24(26,27)20-6-3-7-21(17-20)32-14-12-31(13-15-32)11-10-23-28-29-30-33(23)22-9-8-18-4-1-2-5-19(18)16-22/h1-11,16-17H,12-15H2. The zero-order valence-electron chi connectivity index (χ0n) is 17.7. The maximum Gasteiger partial charge on any atom is 0.416 e. The van der Waals surface area contributed by atoms with Crippen LogP contribution in [0.3, 0.4) is 0 Å². The minimum atomic E-state index is -4.34. The number of benzene rings is 3. The predicted molar refractivity (Wildman–Crippen MR) is 121 cm³/mol. The number of alkyl halides is 3. The lowest BCUT2D eigenvalue weighted by Gasteiger charge is -2.35. The predicted octanol–water partition coefficient (Wildman–Crippen LogP) is 4.63. The second-order valence-corrected chi connectivity index (χ2v) is 7.87. The second-order valence-electron chi connectivity index (χ2n) is 7.87. The van der Waals surface area contributed by atoms with Gasteiger partial charge in [-0.3, -0.25) is 0 Å². The molecule has 168 valence electrons. The van der Waals surface area contributed by atoms with Crippen LogP contribution in [0.15, 0.2) is 72.9 Å². The molecule has 1 aromatic heterocycles. The van der Waals surface area contributed by atoms with Crippen LogP contribution >= 0.6 is 0 Å². The number of fused-ring (bicyclic) bond motifs is 1. The smallest absolute Gasteiger partial charge is 0.374 e. The number of nitrogens with zero attached hydrogens (tertiary/aromatic N) is 6. The van der Waals surface area contributed by atoms with E-state index in [0.29, 0.717) is 37.7 Å². The minimum Gasteiger partial charge on any atom is -0.374 e. The zero-order chi connectivity index (χ0) is 22.8. The molecule has 0 aliphatic carbocycles. The highest BCUT2D eigenvalue weighted by atomic mass is 19.4. The molecule has 0 N–H and O–H groups in total. The summed E-state index contributed by atoms with van der Waals surface area (Å²) < 4.78 is 40.7. The Kier molecular flexibility index (Phi) is 5.45. The summed E-state index contributed by atoms with van der Waals surface area (Å²) >= 11 is 0. The summed E-state index contributed by atoms with van der Waals surface area (Å²) in [4.78, 5) is 4.09. The summed E-state index contributed by atoms with van der Waals surface area (Å²) in [6.07, 6.45) is -0.544. The molecule has 0 radical (unpaired) electrons. The van der Waals surface area contributed by atoms with Gasteiger partial charge in [0.05, 0.1) is 11.3 Å².